The molecule has 13 heteroatoms. The molecule has 0 spiro atoms. The topological polar surface area (TPSA) is 160 Å². The van der Waals surface area contributed by atoms with Gasteiger partial charge in [0, 0.05) is 12.3 Å². The third-order valence-corrected chi connectivity index (χ3v) is 10.7. The third kappa shape index (κ3) is 8.52. The van der Waals surface area contributed by atoms with Crippen molar-refractivity contribution in [1.29, 1.82) is 0 Å². The van der Waals surface area contributed by atoms with Crippen molar-refractivity contribution in [3.63, 3.8) is 0 Å². The molecular weight excluding hydrogens is 671 g/mol. The number of thiophene rings is 1. The number of alkyl carbamates (subject to hydrolysis) is 1. The largest absolute Gasteiger partial charge is 0.479 e. The van der Waals surface area contributed by atoms with Crippen LogP contribution in [0.25, 0.3) is 21.6 Å². The molecule has 3 amide bonds. The Bertz CT molecular complexity index is 1790. The van der Waals surface area contributed by atoms with E-state index in [-0.39, 0.29) is 31.2 Å². The van der Waals surface area contributed by atoms with Gasteiger partial charge in [0.15, 0.2) is 0 Å². The number of nitrogens with one attached hydrogen (secondary N) is 2. The minimum absolute atomic E-state index is 0.0161. The van der Waals surface area contributed by atoms with Gasteiger partial charge in [-0.1, -0.05) is 56.5 Å². The summed E-state index contributed by atoms with van der Waals surface area (Å²) in [5.74, 6) is -1.80. The van der Waals surface area contributed by atoms with Crippen molar-refractivity contribution in [3.05, 3.63) is 53.9 Å². The maximum atomic E-state index is 14.5. The van der Waals surface area contributed by atoms with Gasteiger partial charge in [0.25, 0.3) is 0 Å². The van der Waals surface area contributed by atoms with Crippen LogP contribution in [0.2, 0.25) is 0 Å². The van der Waals surface area contributed by atoms with E-state index in [4.69, 9.17) is 19.4 Å². The van der Waals surface area contributed by atoms with E-state index >= 15 is 0 Å². The van der Waals surface area contributed by atoms with E-state index in [2.05, 4.69) is 17.6 Å². The Balaban J connectivity index is 1.33. The van der Waals surface area contributed by atoms with Gasteiger partial charge < -0.3 is 30.1 Å². The Morgan fingerprint density at radius 3 is 2.51 bits per heavy atom. The first-order chi connectivity index (χ1) is 24.3. The highest BCUT2D eigenvalue weighted by atomic mass is 32.1. The van der Waals surface area contributed by atoms with Crippen molar-refractivity contribution in [2.75, 3.05) is 6.54 Å². The van der Waals surface area contributed by atoms with Crippen molar-refractivity contribution in [2.45, 2.75) is 108 Å². The predicted molar refractivity (Wildman–Crippen MR) is 193 cm³/mol. The molecule has 1 saturated carbocycles. The van der Waals surface area contributed by atoms with Crippen molar-refractivity contribution in [2.24, 2.45) is 11.8 Å². The molecule has 3 aromatic rings. The van der Waals surface area contributed by atoms with Crippen LogP contribution in [0.1, 0.15) is 79.1 Å². The van der Waals surface area contributed by atoms with Crippen LogP contribution >= 0.6 is 11.3 Å². The number of nitrogens with zero attached hydrogens (tertiary/aromatic N) is 3. The monoisotopic (exact) mass is 717 g/mol. The molecule has 2 aliphatic heterocycles. The first-order valence-electron chi connectivity index (χ1n) is 17.8. The number of carbonyl (C=O) groups excluding carboxylic acids is 3. The van der Waals surface area contributed by atoms with Gasteiger partial charge >= 0.3 is 12.1 Å². The molecule has 3 aliphatic rings. The van der Waals surface area contributed by atoms with Crippen LogP contribution in [0.15, 0.2) is 53.9 Å². The number of benzene rings is 1. The van der Waals surface area contributed by atoms with Crippen molar-refractivity contribution in [3.8, 4) is 16.5 Å². The number of aromatic nitrogens is 2. The molecule has 2 fully saturated rings. The number of hydrogen-bond donors (Lipinski definition) is 3. The zero-order chi connectivity index (χ0) is 36.3. The predicted octanol–water partition coefficient (Wildman–Crippen LogP) is 6.11. The van der Waals surface area contributed by atoms with Gasteiger partial charge in [-0.25, -0.2) is 19.6 Å². The maximum absolute atomic E-state index is 14.5. The number of carbonyl (C=O) groups is 4. The highest BCUT2D eigenvalue weighted by Crippen LogP contribution is 2.45. The number of aliphatic carboxylic acids is 1. The lowest BCUT2D eigenvalue weighted by molar-refractivity contribution is -0.145. The number of allylic oxidation sites excluding steroid dienone is 1. The smallest absolute Gasteiger partial charge is 0.408 e. The summed E-state index contributed by atoms with van der Waals surface area (Å²) >= 11 is 1.49. The SMILES string of the molecule is CC1CC/C=C\C2CC2(C(=O)O)NC(=O)C2C[C@@H](Oc3nc4ccccc4nc3-c3cccs3)CN2C(=O)[C@H](NC(=O)OC(C)(C)C)CCCC1. The number of carboxylic acid groups (broad SMARTS) is 1. The lowest BCUT2D eigenvalue weighted by atomic mass is 9.96. The van der Waals surface area contributed by atoms with Gasteiger partial charge in [0.05, 0.1) is 22.5 Å². The Labute approximate surface area is 302 Å². The molecule has 12 nitrogen and oxygen atoms in total. The summed E-state index contributed by atoms with van der Waals surface area (Å²) in [4.78, 5) is 66.1. The molecule has 2 aromatic heterocycles. The van der Waals surface area contributed by atoms with Crippen molar-refractivity contribution >= 4 is 46.2 Å². The number of fused-ring (bicyclic) bond motifs is 3. The number of hydrogen-bond acceptors (Lipinski definition) is 9. The van der Waals surface area contributed by atoms with Gasteiger partial charge in [-0.2, -0.15) is 0 Å². The van der Waals surface area contributed by atoms with Crippen LogP contribution in [-0.2, 0) is 19.1 Å². The highest BCUT2D eigenvalue weighted by Gasteiger charge is 2.61. The minimum atomic E-state index is -1.45. The Morgan fingerprint density at radius 2 is 1.80 bits per heavy atom. The molecule has 0 radical (unpaired) electrons. The van der Waals surface area contributed by atoms with E-state index in [0.717, 1.165) is 30.6 Å². The fraction of sp³-hybridized carbons (Fsp3) is 0.526. The molecule has 3 N–H and O–H groups in total. The summed E-state index contributed by atoms with van der Waals surface area (Å²) in [6, 6.07) is 9.28. The number of carboxylic acids is 1. The average molecular weight is 718 g/mol. The van der Waals surface area contributed by atoms with Crippen LogP contribution in [0.5, 0.6) is 5.88 Å². The van der Waals surface area contributed by atoms with E-state index in [9.17, 15) is 24.3 Å². The molecule has 6 rings (SSSR count). The summed E-state index contributed by atoms with van der Waals surface area (Å²) in [5, 5.41) is 17.8. The average Bonchev–Trinajstić information content (AvgIpc) is 3.38. The Morgan fingerprint density at radius 1 is 1.06 bits per heavy atom. The molecule has 272 valence electrons. The molecule has 1 aliphatic carbocycles. The quantitative estimate of drug-likeness (QED) is 0.265. The number of amides is 3. The lowest BCUT2D eigenvalue weighted by Gasteiger charge is -2.30. The standard InChI is InChI=1S/C38H47N5O7S/c1-23-12-5-7-14-24-21-38(24,35(46)47)42-32(44)29-20-25(22-43(29)34(45)28(17-8-6-13-23)41-36(48)50-37(2,3)4)49-33-31(30-18-11-19-51-30)39-26-15-9-10-16-27(26)40-33/h7,9-11,14-16,18-19,23-25,28-29H,5-6,8,12-13,17,20-22H2,1-4H3,(H,41,48)(H,42,44)(H,46,47)/b14-7-/t23?,24?,25-,28-,29?,38?/m1/s1. The fourth-order valence-electron chi connectivity index (χ4n) is 6.97. The number of rotatable bonds is 5. The van der Waals surface area contributed by atoms with E-state index in [1.807, 2.05) is 53.9 Å². The van der Waals surface area contributed by atoms with Crippen LogP contribution < -0.4 is 15.4 Å². The molecule has 6 atom stereocenters. The van der Waals surface area contributed by atoms with Gasteiger partial charge in [-0.3, -0.25) is 9.59 Å². The van der Waals surface area contributed by atoms with Gasteiger partial charge in [-0.05, 0) is 76.0 Å². The van der Waals surface area contributed by atoms with Gasteiger partial charge in [0.2, 0.25) is 17.7 Å². The molecule has 1 aromatic carbocycles. The fourth-order valence-corrected chi connectivity index (χ4v) is 7.68. The van der Waals surface area contributed by atoms with Crippen LogP contribution in [0, 0.1) is 11.8 Å². The second kappa shape index (κ2) is 15.0. The molecule has 0 bridgehead atoms. The van der Waals surface area contributed by atoms with E-state index < -0.39 is 53.2 Å². The Hall–Kier alpha value is -4.52. The van der Waals surface area contributed by atoms with Crippen molar-refractivity contribution < 1.29 is 33.8 Å². The molecule has 51 heavy (non-hydrogen) atoms. The highest BCUT2D eigenvalue weighted by molar-refractivity contribution is 7.13. The summed E-state index contributed by atoms with van der Waals surface area (Å²) in [5.41, 5.74) is -0.355. The molecular formula is C38H47N5O7S. The van der Waals surface area contributed by atoms with Crippen molar-refractivity contribution in [1.82, 2.24) is 25.5 Å². The molecule has 4 unspecified atom stereocenters. The third-order valence-electron chi connectivity index (χ3n) is 9.79. The van der Waals surface area contributed by atoms with Crippen LogP contribution in [0.4, 0.5) is 4.79 Å². The van der Waals surface area contributed by atoms with E-state index in [1.165, 1.54) is 16.2 Å². The Kier molecular flexibility index (Phi) is 10.7. The lowest BCUT2D eigenvalue weighted by Crippen LogP contribution is -2.56. The summed E-state index contributed by atoms with van der Waals surface area (Å²) in [7, 11) is 0. The summed E-state index contributed by atoms with van der Waals surface area (Å²) < 4.78 is 12.1. The van der Waals surface area contributed by atoms with Crippen LogP contribution in [0.3, 0.4) is 0 Å². The van der Waals surface area contributed by atoms with E-state index in [0.29, 0.717) is 35.5 Å². The maximum Gasteiger partial charge on any atom is 0.408 e. The second-order valence-electron chi connectivity index (χ2n) is 15.0. The summed E-state index contributed by atoms with van der Waals surface area (Å²) in [6.45, 7) is 7.44. The van der Waals surface area contributed by atoms with Crippen LogP contribution in [-0.4, -0.2) is 79.7 Å². The van der Waals surface area contributed by atoms with E-state index in [1.54, 1.807) is 20.8 Å². The number of ether oxygens (including phenoxy) is 2. The number of para-hydroxylation sites is 2. The first-order valence-corrected chi connectivity index (χ1v) is 18.7. The summed E-state index contributed by atoms with van der Waals surface area (Å²) in [6.07, 6.45) is 7.45. The zero-order valence-electron chi connectivity index (χ0n) is 29.6. The molecule has 1 saturated heterocycles. The molecule has 4 heterocycles. The normalized spacial score (nSPS) is 28.2. The first kappa shape index (κ1) is 36.3. The van der Waals surface area contributed by atoms with Gasteiger partial charge in [-0.15, -0.1) is 11.3 Å². The van der Waals surface area contributed by atoms with Gasteiger partial charge in [0.1, 0.15) is 35.0 Å². The zero-order valence-corrected chi connectivity index (χ0v) is 30.4. The minimum Gasteiger partial charge on any atom is -0.479 e. The second-order valence-corrected chi connectivity index (χ2v) is 15.9.